The Morgan fingerprint density at radius 1 is 1.21 bits per heavy atom. The van der Waals surface area contributed by atoms with Crippen molar-refractivity contribution < 1.29 is 19.1 Å². The van der Waals surface area contributed by atoms with Gasteiger partial charge >= 0.3 is 0 Å². The SMILES string of the molecule is O=C(CNC(=O)c1cc(Cl)c2c(c1)OCO2)Nc1ccccc1Br. The normalized spacial score (nSPS) is 11.9. The largest absolute Gasteiger partial charge is 0.454 e. The highest BCUT2D eigenvalue weighted by Gasteiger charge is 2.20. The maximum Gasteiger partial charge on any atom is 0.251 e. The van der Waals surface area contributed by atoms with Crippen LogP contribution in [0, 0.1) is 0 Å². The summed E-state index contributed by atoms with van der Waals surface area (Å²) in [5, 5.41) is 5.52. The molecular weight excluding hydrogens is 400 g/mol. The average molecular weight is 412 g/mol. The summed E-state index contributed by atoms with van der Waals surface area (Å²) in [6.07, 6.45) is 0. The van der Waals surface area contributed by atoms with Gasteiger partial charge in [0.1, 0.15) is 0 Å². The smallest absolute Gasteiger partial charge is 0.251 e. The second-order valence-corrected chi connectivity index (χ2v) is 6.16. The van der Waals surface area contributed by atoms with Crippen LogP contribution in [0.1, 0.15) is 10.4 Å². The number of rotatable bonds is 4. The number of hydrogen-bond donors (Lipinski definition) is 2. The summed E-state index contributed by atoms with van der Waals surface area (Å²) < 4.78 is 11.2. The lowest BCUT2D eigenvalue weighted by Gasteiger charge is -2.09. The van der Waals surface area contributed by atoms with Crippen LogP contribution in [0.15, 0.2) is 40.9 Å². The van der Waals surface area contributed by atoms with Crippen molar-refractivity contribution in [1.82, 2.24) is 5.32 Å². The molecule has 0 aromatic heterocycles. The number of benzene rings is 2. The van der Waals surface area contributed by atoms with Gasteiger partial charge in [0.05, 0.1) is 17.3 Å². The van der Waals surface area contributed by atoms with Crippen LogP contribution in [0.5, 0.6) is 11.5 Å². The summed E-state index contributed by atoms with van der Waals surface area (Å²) in [5.41, 5.74) is 0.917. The molecule has 0 radical (unpaired) electrons. The Morgan fingerprint density at radius 3 is 2.79 bits per heavy atom. The first kappa shape index (κ1) is 16.6. The minimum atomic E-state index is -0.433. The first-order valence-corrected chi connectivity index (χ1v) is 8.13. The maximum absolute atomic E-state index is 12.2. The van der Waals surface area contributed by atoms with Gasteiger partial charge < -0.3 is 20.1 Å². The topological polar surface area (TPSA) is 76.7 Å². The molecule has 2 amide bonds. The lowest BCUT2D eigenvalue weighted by atomic mass is 10.2. The molecule has 6 nitrogen and oxygen atoms in total. The van der Waals surface area contributed by atoms with E-state index in [1.54, 1.807) is 12.1 Å². The molecular formula is C16H12BrClN2O4. The van der Waals surface area contributed by atoms with Crippen LogP contribution in [0.4, 0.5) is 5.69 Å². The van der Waals surface area contributed by atoms with Crippen LogP contribution in [-0.2, 0) is 4.79 Å². The average Bonchev–Trinajstić information content (AvgIpc) is 3.04. The number of para-hydroxylation sites is 1. The van der Waals surface area contributed by atoms with Crippen LogP contribution >= 0.6 is 27.5 Å². The van der Waals surface area contributed by atoms with Crippen LogP contribution in [0.25, 0.3) is 0 Å². The molecule has 2 aromatic carbocycles. The highest BCUT2D eigenvalue weighted by molar-refractivity contribution is 9.10. The van der Waals surface area contributed by atoms with Gasteiger partial charge in [0.15, 0.2) is 11.5 Å². The number of amides is 2. The van der Waals surface area contributed by atoms with E-state index in [0.29, 0.717) is 17.2 Å². The van der Waals surface area contributed by atoms with E-state index in [1.807, 2.05) is 12.1 Å². The quantitative estimate of drug-likeness (QED) is 0.810. The number of anilines is 1. The molecule has 24 heavy (non-hydrogen) atoms. The molecule has 0 saturated carbocycles. The molecule has 3 rings (SSSR count). The van der Waals surface area contributed by atoms with E-state index < -0.39 is 5.91 Å². The van der Waals surface area contributed by atoms with Crippen molar-refractivity contribution in [3.05, 3.63) is 51.5 Å². The third-order valence-electron chi connectivity index (χ3n) is 3.25. The summed E-state index contributed by atoms with van der Waals surface area (Å²) in [6.45, 7) is -0.110. The van der Waals surface area contributed by atoms with E-state index in [0.717, 1.165) is 4.47 Å². The van der Waals surface area contributed by atoms with Gasteiger partial charge in [-0.2, -0.15) is 0 Å². The first-order valence-electron chi connectivity index (χ1n) is 6.96. The first-order chi connectivity index (χ1) is 11.5. The molecule has 2 aromatic rings. The number of halogens is 2. The molecule has 0 bridgehead atoms. The van der Waals surface area contributed by atoms with E-state index in [-0.39, 0.29) is 29.8 Å². The number of nitrogens with one attached hydrogen (secondary N) is 2. The van der Waals surface area contributed by atoms with Gasteiger partial charge in [-0.15, -0.1) is 0 Å². The third-order valence-corrected chi connectivity index (χ3v) is 4.22. The minimum absolute atomic E-state index is 0.0640. The molecule has 0 atom stereocenters. The predicted molar refractivity (Wildman–Crippen MR) is 92.7 cm³/mol. The van der Waals surface area contributed by atoms with Crippen molar-refractivity contribution in [2.24, 2.45) is 0 Å². The third kappa shape index (κ3) is 3.63. The Kier molecular flexibility index (Phi) is 4.92. The Balaban J connectivity index is 1.61. The van der Waals surface area contributed by atoms with E-state index in [2.05, 4.69) is 26.6 Å². The molecule has 0 saturated heterocycles. The highest BCUT2D eigenvalue weighted by atomic mass is 79.9. The monoisotopic (exact) mass is 410 g/mol. The van der Waals surface area contributed by atoms with Gasteiger partial charge in [0.25, 0.3) is 5.91 Å². The number of carbonyl (C=O) groups is 2. The molecule has 8 heteroatoms. The zero-order valence-corrected chi connectivity index (χ0v) is 14.6. The Morgan fingerprint density at radius 2 is 2.00 bits per heavy atom. The van der Waals surface area contributed by atoms with Crippen molar-refractivity contribution >= 4 is 45.0 Å². The number of hydrogen-bond acceptors (Lipinski definition) is 4. The molecule has 1 heterocycles. The fourth-order valence-electron chi connectivity index (χ4n) is 2.12. The number of ether oxygens (including phenoxy) is 2. The van der Waals surface area contributed by atoms with Crippen molar-refractivity contribution in [3.8, 4) is 11.5 Å². The standard InChI is InChI=1S/C16H12BrClN2O4/c17-10-3-1-2-4-12(10)20-14(21)7-19-16(22)9-5-11(18)15-13(6-9)23-8-24-15/h1-6H,7-8H2,(H,19,22)(H,20,21). The van der Waals surface area contributed by atoms with Crippen LogP contribution in [0.2, 0.25) is 5.02 Å². The maximum atomic E-state index is 12.2. The Labute approximate surface area is 151 Å². The highest BCUT2D eigenvalue weighted by Crippen LogP contribution is 2.39. The Hall–Kier alpha value is -2.25. The van der Waals surface area contributed by atoms with Crippen molar-refractivity contribution in [1.29, 1.82) is 0 Å². The second-order valence-electron chi connectivity index (χ2n) is 4.90. The fourth-order valence-corrected chi connectivity index (χ4v) is 2.77. The predicted octanol–water partition coefficient (Wildman–Crippen LogP) is 3.20. The Bertz CT molecular complexity index is 813. The van der Waals surface area contributed by atoms with Crippen molar-refractivity contribution in [3.63, 3.8) is 0 Å². The zero-order chi connectivity index (χ0) is 17.1. The molecule has 0 fully saturated rings. The van der Waals surface area contributed by atoms with Gasteiger partial charge in [-0.05, 0) is 40.2 Å². The lowest BCUT2D eigenvalue weighted by Crippen LogP contribution is -2.32. The van der Waals surface area contributed by atoms with Gasteiger partial charge in [-0.1, -0.05) is 23.7 Å². The van der Waals surface area contributed by atoms with E-state index in [4.69, 9.17) is 21.1 Å². The molecule has 1 aliphatic heterocycles. The van der Waals surface area contributed by atoms with Gasteiger partial charge in [-0.3, -0.25) is 9.59 Å². The molecule has 1 aliphatic rings. The minimum Gasteiger partial charge on any atom is -0.454 e. The van der Waals surface area contributed by atoms with Gasteiger partial charge in [-0.25, -0.2) is 0 Å². The van der Waals surface area contributed by atoms with Crippen molar-refractivity contribution in [2.75, 3.05) is 18.7 Å². The summed E-state index contributed by atoms with van der Waals surface area (Å²) in [4.78, 5) is 24.1. The van der Waals surface area contributed by atoms with E-state index >= 15 is 0 Å². The second kappa shape index (κ2) is 7.11. The summed E-state index contributed by atoms with van der Waals surface area (Å²) >= 11 is 9.37. The van der Waals surface area contributed by atoms with Crippen molar-refractivity contribution in [2.45, 2.75) is 0 Å². The van der Waals surface area contributed by atoms with E-state index in [9.17, 15) is 9.59 Å². The summed E-state index contributed by atoms with van der Waals surface area (Å²) in [5.74, 6) is 0.0461. The fraction of sp³-hybridized carbons (Fsp3) is 0.125. The summed E-state index contributed by atoms with van der Waals surface area (Å²) in [7, 11) is 0. The van der Waals surface area contributed by atoms with Crippen LogP contribution in [-0.4, -0.2) is 25.2 Å². The lowest BCUT2D eigenvalue weighted by molar-refractivity contribution is -0.115. The molecule has 124 valence electrons. The van der Waals surface area contributed by atoms with Gasteiger partial charge in [0.2, 0.25) is 12.7 Å². The van der Waals surface area contributed by atoms with Gasteiger partial charge in [0, 0.05) is 10.0 Å². The number of carbonyl (C=O) groups excluding carboxylic acids is 2. The van der Waals surface area contributed by atoms with Crippen LogP contribution < -0.4 is 20.1 Å². The zero-order valence-electron chi connectivity index (χ0n) is 12.3. The van der Waals surface area contributed by atoms with Crippen LogP contribution in [0.3, 0.4) is 0 Å². The number of fused-ring (bicyclic) bond motifs is 1. The molecule has 0 spiro atoms. The summed E-state index contributed by atoms with van der Waals surface area (Å²) in [6, 6.07) is 10.2. The molecule has 0 aliphatic carbocycles. The molecule has 0 unspecified atom stereocenters. The molecule has 2 N–H and O–H groups in total. The van der Waals surface area contributed by atoms with E-state index in [1.165, 1.54) is 12.1 Å².